The van der Waals surface area contributed by atoms with Crippen LogP contribution in [-0.2, 0) is 9.59 Å². The molecule has 132 valence electrons. The van der Waals surface area contributed by atoms with Gasteiger partial charge in [0.05, 0.1) is 13.7 Å². The van der Waals surface area contributed by atoms with Gasteiger partial charge >= 0.3 is 5.97 Å². The van der Waals surface area contributed by atoms with Gasteiger partial charge in [0, 0.05) is 6.42 Å². The number of carboxylic acids is 1. The molecular weight excluding hydrogens is 322 g/mol. The summed E-state index contributed by atoms with van der Waals surface area (Å²) in [6, 6.07) is 14.7. The summed E-state index contributed by atoms with van der Waals surface area (Å²) in [6.45, 7) is 0.364. The molecule has 1 amide bonds. The largest absolute Gasteiger partial charge is 0.497 e. The number of carboxylic acid groups (broad SMARTS) is 1. The van der Waals surface area contributed by atoms with Crippen LogP contribution in [0.4, 0.5) is 0 Å². The summed E-state index contributed by atoms with van der Waals surface area (Å²) in [5.41, 5.74) is 0.540. The number of carbonyl (C=O) groups excluding carboxylic acids is 1. The molecule has 0 saturated carbocycles. The maximum absolute atomic E-state index is 12.0. The van der Waals surface area contributed by atoms with Crippen molar-refractivity contribution in [2.24, 2.45) is 0 Å². The van der Waals surface area contributed by atoms with Crippen molar-refractivity contribution in [2.45, 2.75) is 18.9 Å². The molecule has 2 rings (SSSR count). The Bertz CT molecular complexity index is 685. The highest BCUT2D eigenvalue weighted by Gasteiger charge is 2.21. The topological polar surface area (TPSA) is 84.9 Å². The third-order valence-electron chi connectivity index (χ3n) is 3.56. The average Bonchev–Trinajstić information content (AvgIpc) is 2.64. The van der Waals surface area contributed by atoms with Crippen molar-refractivity contribution in [3.8, 4) is 11.5 Å². The first-order chi connectivity index (χ1) is 12.1. The minimum Gasteiger partial charge on any atom is -0.497 e. The monoisotopic (exact) mass is 343 g/mol. The Hall–Kier alpha value is -3.02. The van der Waals surface area contributed by atoms with E-state index >= 15 is 0 Å². The smallest absolute Gasteiger partial charge is 0.330 e. The highest BCUT2D eigenvalue weighted by atomic mass is 16.5. The molecule has 0 saturated heterocycles. The maximum Gasteiger partial charge on any atom is 0.330 e. The lowest BCUT2D eigenvalue weighted by Gasteiger charge is -2.15. The Balaban J connectivity index is 1.76. The first-order valence-corrected chi connectivity index (χ1v) is 7.94. The number of carbonyl (C=O) groups is 2. The van der Waals surface area contributed by atoms with Crippen molar-refractivity contribution < 1.29 is 24.2 Å². The summed E-state index contributed by atoms with van der Waals surface area (Å²) in [5.74, 6) is 0.0184. The van der Waals surface area contributed by atoms with E-state index in [-0.39, 0.29) is 12.3 Å². The van der Waals surface area contributed by atoms with Gasteiger partial charge in [0.2, 0.25) is 5.91 Å². The highest BCUT2D eigenvalue weighted by Crippen LogP contribution is 2.17. The Morgan fingerprint density at radius 1 is 1.04 bits per heavy atom. The van der Waals surface area contributed by atoms with Crippen LogP contribution < -0.4 is 14.8 Å². The number of hydrogen-bond acceptors (Lipinski definition) is 4. The van der Waals surface area contributed by atoms with E-state index < -0.39 is 12.0 Å². The lowest BCUT2D eigenvalue weighted by atomic mass is 10.1. The average molecular weight is 343 g/mol. The molecule has 2 aromatic rings. The van der Waals surface area contributed by atoms with E-state index in [9.17, 15) is 14.7 Å². The molecule has 0 radical (unpaired) electrons. The van der Waals surface area contributed by atoms with Gasteiger partial charge in [-0.1, -0.05) is 30.3 Å². The van der Waals surface area contributed by atoms with E-state index in [1.54, 1.807) is 61.7 Å². The van der Waals surface area contributed by atoms with Crippen molar-refractivity contribution in [1.29, 1.82) is 0 Å². The van der Waals surface area contributed by atoms with Crippen LogP contribution in [-0.4, -0.2) is 30.7 Å². The first-order valence-electron chi connectivity index (χ1n) is 7.94. The second-order valence-corrected chi connectivity index (χ2v) is 5.38. The molecular formula is C19H21NO5. The fraction of sp³-hybridized carbons (Fsp3) is 0.263. The minimum atomic E-state index is -1.09. The standard InChI is InChI=1S/C19H21NO5/c1-24-15-9-11-16(12-10-15)25-13-5-8-17(21)20-18(19(22)23)14-6-3-2-4-7-14/h2-4,6-7,9-12,18H,5,8,13H2,1H3,(H,20,21)(H,22,23)/t18-/m0/s1. The van der Waals surface area contributed by atoms with E-state index in [4.69, 9.17) is 9.47 Å². The third-order valence-corrected chi connectivity index (χ3v) is 3.56. The minimum absolute atomic E-state index is 0.187. The van der Waals surface area contributed by atoms with Gasteiger partial charge in [-0.2, -0.15) is 0 Å². The number of methoxy groups -OCH3 is 1. The SMILES string of the molecule is COc1ccc(OCCCC(=O)N[C@H](C(=O)O)c2ccccc2)cc1. The molecule has 0 spiro atoms. The van der Waals surface area contributed by atoms with Gasteiger partial charge in [-0.05, 0) is 36.2 Å². The van der Waals surface area contributed by atoms with Gasteiger partial charge in [-0.25, -0.2) is 4.79 Å². The van der Waals surface area contributed by atoms with E-state index in [0.29, 0.717) is 24.3 Å². The summed E-state index contributed by atoms with van der Waals surface area (Å²) in [6.07, 6.45) is 0.672. The van der Waals surface area contributed by atoms with Crippen molar-refractivity contribution in [1.82, 2.24) is 5.32 Å². The fourth-order valence-corrected chi connectivity index (χ4v) is 2.26. The molecule has 6 heteroatoms. The van der Waals surface area contributed by atoms with Crippen molar-refractivity contribution in [3.05, 3.63) is 60.2 Å². The van der Waals surface area contributed by atoms with Crippen LogP contribution in [0.3, 0.4) is 0 Å². The number of aliphatic carboxylic acids is 1. The molecule has 0 bridgehead atoms. The van der Waals surface area contributed by atoms with E-state index in [1.165, 1.54) is 0 Å². The normalized spacial score (nSPS) is 11.4. The molecule has 25 heavy (non-hydrogen) atoms. The zero-order chi connectivity index (χ0) is 18.1. The number of amides is 1. The Labute approximate surface area is 146 Å². The molecule has 0 aliphatic carbocycles. The number of nitrogens with one attached hydrogen (secondary N) is 1. The van der Waals surface area contributed by atoms with Crippen LogP contribution in [0.25, 0.3) is 0 Å². The Kier molecular flexibility index (Phi) is 6.83. The lowest BCUT2D eigenvalue weighted by Crippen LogP contribution is -2.33. The van der Waals surface area contributed by atoms with Crippen molar-refractivity contribution >= 4 is 11.9 Å². The van der Waals surface area contributed by atoms with Gasteiger partial charge in [0.15, 0.2) is 6.04 Å². The number of ether oxygens (including phenoxy) is 2. The molecule has 0 heterocycles. The van der Waals surface area contributed by atoms with Crippen LogP contribution in [0.2, 0.25) is 0 Å². The summed E-state index contributed by atoms with van der Waals surface area (Å²) in [5, 5.41) is 11.8. The molecule has 0 aromatic heterocycles. The molecule has 0 aliphatic heterocycles. The number of hydrogen-bond donors (Lipinski definition) is 2. The molecule has 2 N–H and O–H groups in total. The van der Waals surface area contributed by atoms with Gasteiger partial charge in [-0.15, -0.1) is 0 Å². The molecule has 1 atom stereocenters. The first kappa shape index (κ1) is 18.3. The maximum atomic E-state index is 12.0. The summed E-state index contributed by atoms with van der Waals surface area (Å²) < 4.78 is 10.6. The third kappa shape index (κ3) is 5.84. The van der Waals surface area contributed by atoms with Gasteiger partial charge in [0.1, 0.15) is 11.5 Å². The summed E-state index contributed by atoms with van der Waals surface area (Å²) in [7, 11) is 1.59. The molecule has 0 unspecified atom stereocenters. The van der Waals surface area contributed by atoms with E-state index in [2.05, 4.69) is 5.32 Å². The fourth-order valence-electron chi connectivity index (χ4n) is 2.26. The van der Waals surface area contributed by atoms with Crippen molar-refractivity contribution in [3.63, 3.8) is 0 Å². The van der Waals surface area contributed by atoms with Gasteiger partial charge in [-0.3, -0.25) is 4.79 Å². The van der Waals surface area contributed by atoms with Crippen LogP contribution in [0.15, 0.2) is 54.6 Å². The van der Waals surface area contributed by atoms with Crippen LogP contribution in [0.5, 0.6) is 11.5 Å². The van der Waals surface area contributed by atoms with Crippen LogP contribution in [0.1, 0.15) is 24.4 Å². The van der Waals surface area contributed by atoms with Crippen LogP contribution in [0, 0.1) is 0 Å². The molecule has 2 aromatic carbocycles. The molecule has 6 nitrogen and oxygen atoms in total. The highest BCUT2D eigenvalue weighted by molar-refractivity contribution is 5.84. The number of benzene rings is 2. The quantitative estimate of drug-likeness (QED) is 0.684. The van der Waals surface area contributed by atoms with E-state index in [0.717, 1.165) is 5.75 Å². The van der Waals surface area contributed by atoms with Gasteiger partial charge in [0.25, 0.3) is 0 Å². The predicted octanol–water partition coefficient (Wildman–Crippen LogP) is 2.80. The second-order valence-electron chi connectivity index (χ2n) is 5.38. The second kappa shape index (κ2) is 9.32. The predicted molar refractivity (Wildman–Crippen MR) is 92.7 cm³/mol. The number of rotatable bonds is 9. The zero-order valence-electron chi connectivity index (χ0n) is 14.0. The Morgan fingerprint density at radius 3 is 2.28 bits per heavy atom. The molecule has 0 fully saturated rings. The summed E-state index contributed by atoms with van der Waals surface area (Å²) in [4.78, 5) is 23.3. The van der Waals surface area contributed by atoms with Crippen molar-refractivity contribution in [2.75, 3.05) is 13.7 Å². The van der Waals surface area contributed by atoms with E-state index in [1.807, 2.05) is 0 Å². The van der Waals surface area contributed by atoms with Crippen LogP contribution >= 0.6 is 0 Å². The summed E-state index contributed by atoms with van der Waals surface area (Å²) >= 11 is 0. The van der Waals surface area contributed by atoms with Gasteiger partial charge < -0.3 is 19.9 Å². The molecule has 0 aliphatic rings. The lowest BCUT2D eigenvalue weighted by molar-refractivity contribution is -0.142. The zero-order valence-corrected chi connectivity index (χ0v) is 14.0. The Morgan fingerprint density at radius 2 is 1.68 bits per heavy atom.